The Morgan fingerprint density at radius 3 is 2.33 bits per heavy atom. The first-order valence-corrected chi connectivity index (χ1v) is 6.07. The number of hydrogen-bond donors (Lipinski definition) is 2. The maximum absolute atomic E-state index is 10.1. The van der Waals surface area contributed by atoms with E-state index >= 15 is 0 Å². The average molecular weight is 297 g/mol. The highest BCUT2D eigenvalue weighted by molar-refractivity contribution is 5.02. The molecule has 0 amide bonds. The van der Waals surface area contributed by atoms with Gasteiger partial charge in [0.05, 0.1) is 30.3 Å². The normalized spacial score (nSPS) is 34.6. The molecule has 0 saturated carbocycles. The molecular weight excluding hydrogens is 282 g/mol. The van der Waals surface area contributed by atoms with Gasteiger partial charge in [0.1, 0.15) is 0 Å². The summed E-state index contributed by atoms with van der Waals surface area (Å²) in [6.45, 7) is 2.70. The molecule has 1 fully saturated rings. The van der Waals surface area contributed by atoms with Gasteiger partial charge in [-0.2, -0.15) is 0 Å². The second-order valence-electron chi connectivity index (χ2n) is 4.87. The lowest BCUT2D eigenvalue weighted by Crippen LogP contribution is -2.57. The van der Waals surface area contributed by atoms with Crippen molar-refractivity contribution in [2.24, 2.45) is 15.3 Å². The van der Waals surface area contributed by atoms with Gasteiger partial charge in [0.2, 0.25) is 0 Å². The number of aliphatic hydroxyl groups excluding tert-OH is 1. The number of rotatable bonds is 5. The highest BCUT2D eigenvalue weighted by atomic mass is 16.6. The Bertz CT molecular complexity index is 517. The highest BCUT2D eigenvalue weighted by Crippen LogP contribution is 2.34. The van der Waals surface area contributed by atoms with E-state index in [1.54, 1.807) is 0 Å². The van der Waals surface area contributed by atoms with E-state index in [-0.39, 0.29) is 6.42 Å². The molecule has 1 aliphatic heterocycles. The van der Waals surface area contributed by atoms with Crippen LogP contribution in [0.4, 0.5) is 0 Å². The van der Waals surface area contributed by atoms with E-state index in [1.165, 1.54) is 13.8 Å². The van der Waals surface area contributed by atoms with Crippen molar-refractivity contribution in [1.29, 1.82) is 0 Å². The van der Waals surface area contributed by atoms with Gasteiger partial charge in [0.25, 0.3) is 0 Å². The smallest absolute Gasteiger partial charge is 0.163 e. The lowest BCUT2D eigenvalue weighted by atomic mass is 9.88. The molecule has 1 rings (SSSR count). The molecule has 1 aliphatic rings. The number of nitrogens with zero attached hydrogens (tertiary/aromatic N) is 9. The van der Waals surface area contributed by atoms with Crippen LogP contribution in [0.3, 0.4) is 0 Å². The van der Waals surface area contributed by atoms with E-state index in [0.717, 1.165) is 0 Å². The van der Waals surface area contributed by atoms with Crippen molar-refractivity contribution in [3.63, 3.8) is 0 Å². The van der Waals surface area contributed by atoms with Gasteiger partial charge in [0.15, 0.2) is 5.79 Å². The Morgan fingerprint density at radius 1 is 1.24 bits per heavy atom. The van der Waals surface area contributed by atoms with Crippen LogP contribution in [0, 0.1) is 0 Å². The minimum absolute atomic E-state index is 0.0972. The van der Waals surface area contributed by atoms with Gasteiger partial charge < -0.3 is 14.9 Å². The van der Waals surface area contributed by atoms with Crippen LogP contribution in [0.15, 0.2) is 15.3 Å². The van der Waals surface area contributed by atoms with E-state index in [4.69, 9.17) is 21.3 Å². The fourth-order valence-electron chi connectivity index (χ4n) is 2.28. The summed E-state index contributed by atoms with van der Waals surface area (Å²) < 4.78 is 5.37. The van der Waals surface area contributed by atoms with Gasteiger partial charge in [-0.05, 0) is 30.4 Å². The Hall–Kier alpha value is -2.19. The third-order valence-corrected chi connectivity index (χ3v) is 3.11. The van der Waals surface area contributed by atoms with E-state index in [1.807, 2.05) is 0 Å². The zero-order valence-electron chi connectivity index (χ0n) is 11.4. The maximum Gasteiger partial charge on any atom is 0.163 e. The van der Waals surface area contributed by atoms with Gasteiger partial charge in [-0.15, -0.1) is 0 Å². The van der Waals surface area contributed by atoms with Crippen molar-refractivity contribution < 1.29 is 14.9 Å². The molecule has 12 nitrogen and oxygen atoms in total. The first-order valence-electron chi connectivity index (χ1n) is 6.07. The fraction of sp³-hybridized carbons (Fsp3) is 1.00. The fourth-order valence-corrected chi connectivity index (χ4v) is 2.28. The third kappa shape index (κ3) is 4.14. The number of ether oxygens (including phenoxy) is 1. The Labute approximate surface area is 119 Å². The summed E-state index contributed by atoms with van der Waals surface area (Å²) in [6.07, 6.45) is -2.35. The van der Waals surface area contributed by atoms with Crippen LogP contribution < -0.4 is 0 Å². The van der Waals surface area contributed by atoms with E-state index in [2.05, 4.69) is 30.1 Å². The molecule has 21 heavy (non-hydrogen) atoms. The zero-order valence-corrected chi connectivity index (χ0v) is 11.4. The molecule has 2 N–H and O–H groups in total. The molecule has 6 atom stereocenters. The molecule has 3 unspecified atom stereocenters. The second kappa shape index (κ2) is 7.00. The minimum atomic E-state index is -1.68. The summed E-state index contributed by atoms with van der Waals surface area (Å²) in [5.41, 5.74) is 25.8. The molecule has 0 aliphatic carbocycles. The Balaban J connectivity index is 3.29. The quantitative estimate of drug-likeness (QED) is 0.444. The molecule has 1 heterocycles. The predicted molar refractivity (Wildman–Crippen MR) is 70.6 cm³/mol. The minimum Gasteiger partial charge on any atom is -0.393 e. The molecule has 1 saturated heterocycles. The van der Waals surface area contributed by atoms with E-state index in [9.17, 15) is 10.2 Å². The van der Waals surface area contributed by atoms with Crippen LogP contribution in [-0.4, -0.2) is 46.3 Å². The molecule has 0 aromatic rings. The molecule has 0 aromatic carbocycles. The molecule has 0 bridgehead atoms. The standard InChI is InChI=1S/C9H15N9O3/c1-4(19)6(14-17-11)8-7(15-18-12)5(13-16-10)3-9(2,20)21-8/h4-8,19-20H,3H2,1-2H3/t4?,5-,6?,7-,8?,9-/m1/s1. The van der Waals surface area contributed by atoms with Gasteiger partial charge in [-0.25, -0.2) is 0 Å². The first kappa shape index (κ1) is 16.9. The number of hydrogen-bond acceptors (Lipinski definition) is 6. The first-order chi connectivity index (χ1) is 9.86. The van der Waals surface area contributed by atoms with Crippen LogP contribution in [0.5, 0.6) is 0 Å². The lowest BCUT2D eigenvalue weighted by Gasteiger charge is -2.44. The van der Waals surface area contributed by atoms with Crippen molar-refractivity contribution in [3.05, 3.63) is 31.3 Å². The topological polar surface area (TPSA) is 196 Å². The summed E-state index contributed by atoms with van der Waals surface area (Å²) in [7, 11) is 0. The van der Waals surface area contributed by atoms with Crippen LogP contribution in [0.2, 0.25) is 0 Å². The van der Waals surface area contributed by atoms with Crippen LogP contribution in [-0.2, 0) is 4.74 Å². The largest absolute Gasteiger partial charge is 0.393 e. The molecule has 0 spiro atoms. The monoisotopic (exact) mass is 297 g/mol. The number of aliphatic hydroxyl groups is 2. The third-order valence-electron chi connectivity index (χ3n) is 3.11. The summed E-state index contributed by atoms with van der Waals surface area (Å²) in [6, 6.07) is -3.03. The van der Waals surface area contributed by atoms with Crippen LogP contribution in [0.1, 0.15) is 20.3 Å². The van der Waals surface area contributed by atoms with Crippen LogP contribution in [0.25, 0.3) is 31.3 Å². The summed E-state index contributed by atoms with van der Waals surface area (Å²) in [4.78, 5) is 7.92. The van der Waals surface area contributed by atoms with Crippen molar-refractivity contribution in [3.8, 4) is 0 Å². The molecule has 0 aromatic heterocycles. The van der Waals surface area contributed by atoms with Gasteiger partial charge >= 0.3 is 0 Å². The second-order valence-corrected chi connectivity index (χ2v) is 4.87. The molecule has 114 valence electrons. The molecule has 12 heteroatoms. The Kier molecular flexibility index (Phi) is 5.62. The van der Waals surface area contributed by atoms with Gasteiger partial charge in [0, 0.05) is 21.2 Å². The van der Waals surface area contributed by atoms with Crippen molar-refractivity contribution >= 4 is 0 Å². The van der Waals surface area contributed by atoms with Gasteiger partial charge in [-0.3, -0.25) is 0 Å². The van der Waals surface area contributed by atoms with E-state index < -0.39 is 36.1 Å². The predicted octanol–water partition coefficient (Wildman–Crippen LogP) is 1.90. The molecular formula is C9H15N9O3. The summed E-state index contributed by atoms with van der Waals surface area (Å²) in [5, 5.41) is 30.2. The molecule has 0 radical (unpaired) electrons. The summed E-state index contributed by atoms with van der Waals surface area (Å²) >= 11 is 0. The van der Waals surface area contributed by atoms with E-state index in [0.29, 0.717) is 0 Å². The number of azide groups is 3. The highest BCUT2D eigenvalue weighted by Gasteiger charge is 2.47. The average Bonchev–Trinajstić information content (AvgIpc) is 2.38. The zero-order chi connectivity index (χ0) is 16.0. The SMILES string of the molecule is CC(O)C(N=[N+]=[N-])C1O[C@@](C)(O)C[C@@H](N=[N+]=[N-])[C@H]1N=[N+]=[N-]. The van der Waals surface area contributed by atoms with Crippen molar-refractivity contribution in [1.82, 2.24) is 0 Å². The van der Waals surface area contributed by atoms with Gasteiger partial charge in [-0.1, -0.05) is 15.3 Å². The van der Waals surface area contributed by atoms with Crippen molar-refractivity contribution in [2.75, 3.05) is 0 Å². The lowest BCUT2D eigenvalue weighted by molar-refractivity contribution is -0.256. The van der Waals surface area contributed by atoms with Crippen LogP contribution >= 0.6 is 0 Å². The maximum atomic E-state index is 10.1. The Morgan fingerprint density at radius 2 is 1.86 bits per heavy atom. The van der Waals surface area contributed by atoms with Crippen molar-refractivity contribution in [2.45, 2.75) is 56.4 Å². The summed E-state index contributed by atoms with van der Waals surface area (Å²) in [5.74, 6) is -1.68.